The Morgan fingerprint density at radius 1 is 1.10 bits per heavy atom. The van der Waals surface area contributed by atoms with Crippen LogP contribution in [0.2, 0.25) is 0 Å². The molecule has 0 spiro atoms. The van der Waals surface area contributed by atoms with Crippen molar-refractivity contribution in [3.8, 4) is 0 Å². The normalized spacial score (nSPS) is 11.3. The van der Waals surface area contributed by atoms with Crippen molar-refractivity contribution in [2.75, 3.05) is 11.9 Å². The van der Waals surface area contributed by atoms with E-state index >= 15 is 0 Å². The first-order valence-electron chi connectivity index (χ1n) is 8.76. The summed E-state index contributed by atoms with van der Waals surface area (Å²) in [5.41, 5.74) is -0.0497. The number of carbonyl (C=O) groups excluding carboxylic acids is 2. The van der Waals surface area contributed by atoms with Crippen LogP contribution in [-0.2, 0) is 10.9 Å². The fourth-order valence-corrected chi connectivity index (χ4v) is 2.88. The predicted octanol–water partition coefficient (Wildman–Crippen LogP) is 5.38. The molecule has 29 heavy (non-hydrogen) atoms. The maximum absolute atomic E-state index is 13.4. The first-order valence-corrected chi connectivity index (χ1v) is 8.76. The van der Waals surface area contributed by atoms with Crippen LogP contribution in [0.5, 0.6) is 0 Å². The third-order valence-electron chi connectivity index (χ3n) is 4.26. The van der Waals surface area contributed by atoms with Gasteiger partial charge in [-0.05, 0) is 44.2 Å². The van der Waals surface area contributed by atoms with Gasteiger partial charge in [-0.3, -0.25) is 9.78 Å². The lowest BCUT2D eigenvalue weighted by Gasteiger charge is -2.16. The average Bonchev–Trinajstić information content (AvgIpc) is 2.67. The van der Waals surface area contributed by atoms with Gasteiger partial charge in [0.05, 0.1) is 23.4 Å². The molecule has 0 aliphatic rings. The molecule has 0 saturated heterocycles. The Bertz CT molecular complexity index is 1080. The van der Waals surface area contributed by atoms with Gasteiger partial charge in [-0.1, -0.05) is 12.1 Å². The van der Waals surface area contributed by atoms with Crippen LogP contribution in [0.4, 0.5) is 24.5 Å². The minimum atomic E-state index is -4.60. The molecule has 0 atom stereocenters. The molecule has 8 heteroatoms. The summed E-state index contributed by atoms with van der Waals surface area (Å²) >= 11 is 0. The van der Waals surface area contributed by atoms with Crippen LogP contribution in [0, 0.1) is 0 Å². The number of alkyl halides is 3. The van der Waals surface area contributed by atoms with E-state index in [0.29, 0.717) is 11.3 Å². The number of rotatable bonds is 5. The van der Waals surface area contributed by atoms with Crippen molar-refractivity contribution in [1.82, 2.24) is 4.98 Å². The van der Waals surface area contributed by atoms with Crippen LogP contribution in [0.1, 0.15) is 40.1 Å². The molecule has 0 aliphatic carbocycles. The Morgan fingerprint density at radius 2 is 1.79 bits per heavy atom. The summed E-state index contributed by atoms with van der Waals surface area (Å²) in [7, 11) is 0. The summed E-state index contributed by atoms with van der Waals surface area (Å²) in [6, 6.07) is 10.0. The quantitative estimate of drug-likeness (QED) is 0.459. The van der Waals surface area contributed by atoms with Crippen LogP contribution < -0.4 is 5.32 Å². The molecule has 5 nitrogen and oxygen atoms in total. The Morgan fingerprint density at radius 3 is 2.38 bits per heavy atom. The highest BCUT2D eigenvalue weighted by atomic mass is 19.4. The number of ketones is 1. The zero-order valence-corrected chi connectivity index (χ0v) is 15.6. The topological polar surface area (TPSA) is 68.3 Å². The minimum absolute atomic E-state index is 0.00863. The van der Waals surface area contributed by atoms with Crippen LogP contribution in [0.3, 0.4) is 0 Å². The van der Waals surface area contributed by atoms with Gasteiger partial charge in [0.1, 0.15) is 5.56 Å². The molecule has 1 aromatic heterocycles. The van der Waals surface area contributed by atoms with E-state index in [-0.39, 0.29) is 34.5 Å². The third kappa shape index (κ3) is 4.21. The Labute approximate surface area is 164 Å². The van der Waals surface area contributed by atoms with Gasteiger partial charge in [0.2, 0.25) is 0 Å². The number of fused-ring (bicyclic) bond motifs is 1. The first kappa shape index (κ1) is 20.3. The van der Waals surface area contributed by atoms with Crippen molar-refractivity contribution >= 4 is 34.0 Å². The summed E-state index contributed by atoms with van der Waals surface area (Å²) in [6.07, 6.45) is -3.53. The van der Waals surface area contributed by atoms with Gasteiger partial charge < -0.3 is 10.1 Å². The van der Waals surface area contributed by atoms with Gasteiger partial charge in [-0.15, -0.1) is 0 Å². The lowest BCUT2D eigenvalue weighted by molar-refractivity contribution is -0.136. The highest BCUT2D eigenvalue weighted by Crippen LogP contribution is 2.38. The van der Waals surface area contributed by atoms with Crippen LogP contribution in [0.15, 0.2) is 48.7 Å². The zero-order valence-electron chi connectivity index (χ0n) is 15.6. The van der Waals surface area contributed by atoms with Gasteiger partial charge in [-0.25, -0.2) is 4.79 Å². The van der Waals surface area contributed by atoms with E-state index in [1.807, 2.05) is 0 Å². The van der Waals surface area contributed by atoms with Gasteiger partial charge in [0.25, 0.3) is 0 Å². The SMILES string of the molecule is CCOC(=O)c1cnc2c(C(F)(F)F)cccc2c1Nc1ccc(C(C)=O)cc1. The molecule has 0 bridgehead atoms. The van der Waals surface area contributed by atoms with Crippen molar-refractivity contribution in [1.29, 1.82) is 0 Å². The average molecular weight is 402 g/mol. The second kappa shape index (κ2) is 7.90. The highest BCUT2D eigenvalue weighted by Gasteiger charge is 2.34. The summed E-state index contributed by atoms with van der Waals surface area (Å²) < 4.78 is 45.2. The molecule has 1 N–H and O–H groups in total. The summed E-state index contributed by atoms with van der Waals surface area (Å²) in [5.74, 6) is -0.824. The molecule has 0 aliphatic heterocycles. The highest BCUT2D eigenvalue weighted by molar-refractivity contribution is 6.06. The summed E-state index contributed by atoms with van der Waals surface area (Å²) in [5, 5.41) is 3.11. The summed E-state index contributed by atoms with van der Waals surface area (Å²) in [6.45, 7) is 3.16. The van der Waals surface area contributed by atoms with E-state index in [0.717, 1.165) is 12.3 Å². The van der Waals surface area contributed by atoms with Gasteiger partial charge in [-0.2, -0.15) is 13.2 Å². The third-order valence-corrected chi connectivity index (χ3v) is 4.26. The number of Topliss-reactive ketones (excluding diaryl/α,β-unsaturated/α-hetero) is 1. The second-order valence-electron chi connectivity index (χ2n) is 6.23. The van der Waals surface area contributed by atoms with Crippen molar-refractivity contribution in [3.63, 3.8) is 0 Å². The van der Waals surface area contributed by atoms with Crippen molar-refractivity contribution in [3.05, 3.63) is 65.4 Å². The Balaban J connectivity index is 2.18. The maximum Gasteiger partial charge on any atom is 0.418 e. The Hall–Kier alpha value is -3.42. The Kier molecular flexibility index (Phi) is 5.54. The molecule has 0 saturated carbocycles. The van der Waals surface area contributed by atoms with E-state index < -0.39 is 17.7 Å². The number of anilines is 2. The zero-order chi connectivity index (χ0) is 21.2. The largest absolute Gasteiger partial charge is 0.462 e. The molecular formula is C21H17F3N2O3. The van der Waals surface area contributed by atoms with Crippen molar-refractivity contribution < 1.29 is 27.5 Å². The van der Waals surface area contributed by atoms with Gasteiger partial charge >= 0.3 is 12.1 Å². The number of carbonyl (C=O) groups is 2. The van der Waals surface area contributed by atoms with Crippen LogP contribution >= 0.6 is 0 Å². The number of esters is 1. The fraction of sp³-hybridized carbons (Fsp3) is 0.190. The lowest BCUT2D eigenvalue weighted by Crippen LogP contribution is -2.11. The van der Waals surface area contributed by atoms with E-state index in [4.69, 9.17) is 4.74 Å². The number of hydrogen-bond donors (Lipinski definition) is 1. The molecule has 2 aromatic carbocycles. The standard InChI is InChI=1S/C21H17F3N2O3/c1-3-29-20(28)16-11-25-19-15(5-4-6-17(19)21(22,23)24)18(16)26-14-9-7-13(8-10-14)12(2)27/h4-11H,3H2,1-2H3,(H,25,26). The molecule has 0 radical (unpaired) electrons. The van der Waals surface area contributed by atoms with Gasteiger partial charge in [0, 0.05) is 22.8 Å². The number of nitrogens with zero attached hydrogens (tertiary/aromatic N) is 1. The molecule has 3 rings (SSSR count). The van der Waals surface area contributed by atoms with Gasteiger partial charge in [0.15, 0.2) is 5.78 Å². The van der Waals surface area contributed by atoms with Crippen LogP contribution in [-0.4, -0.2) is 23.3 Å². The van der Waals surface area contributed by atoms with Crippen LogP contribution in [0.25, 0.3) is 10.9 Å². The number of benzene rings is 2. The maximum atomic E-state index is 13.4. The van der Waals surface area contributed by atoms with E-state index in [1.165, 1.54) is 19.1 Å². The molecule has 0 unspecified atom stereocenters. The number of halogens is 3. The molecule has 1 heterocycles. The fourth-order valence-electron chi connectivity index (χ4n) is 2.88. The monoisotopic (exact) mass is 402 g/mol. The minimum Gasteiger partial charge on any atom is -0.462 e. The van der Waals surface area contributed by atoms with Crippen molar-refractivity contribution in [2.45, 2.75) is 20.0 Å². The molecule has 3 aromatic rings. The number of pyridine rings is 1. The second-order valence-corrected chi connectivity index (χ2v) is 6.23. The first-order chi connectivity index (χ1) is 13.7. The smallest absolute Gasteiger partial charge is 0.418 e. The van der Waals surface area contributed by atoms with E-state index in [2.05, 4.69) is 10.3 Å². The molecule has 0 fully saturated rings. The number of hydrogen-bond acceptors (Lipinski definition) is 5. The number of para-hydroxylation sites is 1. The number of aromatic nitrogens is 1. The predicted molar refractivity (Wildman–Crippen MR) is 102 cm³/mol. The van der Waals surface area contributed by atoms with E-state index in [1.54, 1.807) is 31.2 Å². The number of ether oxygens (including phenoxy) is 1. The number of nitrogens with one attached hydrogen (secondary N) is 1. The molecular weight excluding hydrogens is 385 g/mol. The van der Waals surface area contributed by atoms with Crippen molar-refractivity contribution in [2.24, 2.45) is 0 Å². The molecule has 150 valence electrons. The molecule has 0 amide bonds. The summed E-state index contributed by atoms with van der Waals surface area (Å²) in [4.78, 5) is 27.7. The van der Waals surface area contributed by atoms with E-state index in [9.17, 15) is 22.8 Å². The lowest BCUT2D eigenvalue weighted by atomic mass is 10.0.